The fourth-order valence-corrected chi connectivity index (χ4v) is 1.96. The third-order valence-electron chi connectivity index (χ3n) is 3.27. The van der Waals surface area contributed by atoms with E-state index in [0.29, 0.717) is 36.2 Å². The number of hydrogen-bond acceptors (Lipinski definition) is 4. The van der Waals surface area contributed by atoms with Gasteiger partial charge in [0.25, 0.3) is 5.91 Å². The van der Waals surface area contributed by atoms with Crippen LogP contribution in [-0.4, -0.2) is 34.2 Å². The lowest BCUT2D eigenvalue weighted by molar-refractivity contribution is -0.121. The molecule has 1 aromatic rings. The van der Waals surface area contributed by atoms with Crippen LogP contribution in [0, 0.1) is 6.92 Å². The second-order valence-electron chi connectivity index (χ2n) is 5.01. The molecule has 110 valence electrons. The molecule has 0 bridgehead atoms. The van der Waals surface area contributed by atoms with Crippen LogP contribution in [0.1, 0.15) is 42.4 Å². The molecule has 0 saturated heterocycles. The van der Waals surface area contributed by atoms with E-state index >= 15 is 0 Å². The molecule has 1 saturated carbocycles. The maximum Gasteiger partial charge on any atom is 0.271 e. The highest BCUT2D eigenvalue weighted by atomic mass is 16.2. The first-order chi connectivity index (χ1) is 9.52. The van der Waals surface area contributed by atoms with Gasteiger partial charge >= 0.3 is 0 Å². The zero-order valence-electron chi connectivity index (χ0n) is 11.9. The van der Waals surface area contributed by atoms with Crippen molar-refractivity contribution in [3.05, 3.63) is 11.4 Å². The summed E-state index contributed by atoms with van der Waals surface area (Å²) in [6, 6.07) is 0.345. The van der Waals surface area contributed by atoms with Crippen molar-refractivity contribution in [3.63, 3.8) is 0 Å². The molecule has 0 radical (unpaired) electrons. The van der Waals surface area contributed by atoms with Gasteiger partial charge in [0.1, 0.15) is 5.69 Å². The van der Waals surface area contributed by atoms with Gasteiger partial charge in [-0.3, -0.25) is 14.3 Å². The number of aromatic nitrogens is 2. The number of nitrogens with zero attached hydrogens (tertiary/aromatic N) is 2. The fraction of sp³-hybridized carbons (Fsp3) is 0.615. The van der Waals surface area contributed by atoms with E-state index in [9.17, 15) is 9.59 Å². The number of amides is 2. The van der Waals surface area contributed by atoms with E-state index < -0.39 is 0 Å². The Bertz CT molecular complexity index is 519. The summed E-state index contributed by atoms with van der Waals surface area (Å²) in [5, 5.41) is 9.78. The average molecular weight is 279 g/mol. The number of carbonyl (C=O) groups excluding carboxylic acids is 2. The average Bonchev–Trinajstić information content (AvgIpc) is 3.16. The van der Waals surface area contributed by atoms with Crippen molar-refractivity contribution in [2.24, 2.45) is 0 Å². The molecule has 0 unspecified atom stereocenters. The number of carbonyl (C=O) groups is 2. The lowest BCUT2D eigenvalue weighted by Gasteiger charge is -2.08. The van der Waals surface area contributed by atoms with Crippen molar-refractivity contribution in [1.29, 1.82) is 0 Å². The Morgan fingerprint density at radius 1 is 1.45 bits per heavy atom. The molecule has 0 aromatic carbocycles. The highest BCUT2D eigenvalue weighted by Gasteiger charge is 2.23. The number of hydrogen-bond donors (Lipinski definition) is 3. The largest absolute Gasteiger partial charge is 0.395 e. The van der Waals surface area contributed by atoms with Crippen LogP contribution in [0.15, 0.2) is 0 Å². The molecule has 1 aliphatic carbocycles. The molecule has 0 spiro atoms. The Kier molecular flexibility index (Phi) is 4.26. The summed E-state index contributed by atoms with van der Waals surface area (Å²) in [6.45, 7) is 4.53. The van der Waals surface area contributed by atoms with Gasteiger partial charge in [-0.1, -0.05) is 0 Å². The van der Waals surface area contributed by atoms with Crippen LogP contribution in [0.5, 0.6) is 0 Å². The van der Waals surface area contributed by atoms with Crippen molar-refractivity contribution in [2.75, 3.05) is 12.3 Å². The van der Waals surface area contributed by atoms with Crippen LogP contribution < -0.4 is 16.4 Å². The number of anilines is 1. The zero-order chi connectivity index (χ0) is 14.7. The molecule has 2 rings (SSSR count). The maximum atomic E-state index is 12.1. The Labute approximate surface area is 117 Å². The van der Waals surface area contributed by atoms with Crippen molar-refractivity contribution < 1.29 is 9.59 Å². The van der Waals surface area contributed by atoms with E-state index in [0.717, 1.165) is 12.8 Å². The molecule has 2 amide bonds. The van der Waals surface area contributed by atoms with Gasteiger partial charge in [0.05, 0.1) is 11.4 Å². The molecule has 1 aromatic heterocycles. The Morgan fingerprint density at radius 3 is 2.75 bits per heavy atom. The van der Waals surface area contributed by atoms with Crippen molar-refractivity contribution >= 4 is 17.5 Å². The number of nitrogen functional groups attached to an aromatic ring is 1. The number of aryl methyl sites for hydroxylation is 2. The summed E-state index contributed by atoms with van der Waals surface area (Å²) in [5.74, 6) is -0.315. The molecular weight excluding hydrogens is 258 g/mol. The van der Waals surface area contributed by atoms with Gasteiger partial charge in [0.15, 0.2) is 0 Å². The van der Waals surface area contributed by atoms with E-state index in [2.05, 4.69) is 15.7 Å². The summed E-state index contributed by atoms with van der Waals surface area (Å²) >= 11 is 0. The Hall–Kier alpha value is -2.05. The summed E-state index contributed by atoms with van der Waals surface area (Å²) in [7, 11) is 0. The molecule has 7 nitrogen and oxygen atoms in total. The van der Waals surface area contributed by atoms with Crippen LogP contribution in [-0.2, 0) is 11.3 Å². The van der Waals surface area contributed by atoms with Crippen LogP contribution in [0.3, 0.4) is 0 Å². The monoisotopic (exact) mass is 279 g/mol. The fourth-order valence-electron chi connectivity index (χ4n) is 1.96. The highest BCUT2D eigenvalue weighted by molar-refractivity contribution is 5.98. The summed E-state index contributed by atoms with van der Waals surface area (Å²) in [4.78, 5) is 23.6. The van der Waals surface area contributed by atoms with Gasteiger partial charge in [-0.25, -0.2) is 0 Å². The molecule has 20 heavy (non-hydrogen) atoms. The Balaban J connectivity index is 1.86. The van der Waals surface area contributed by atoms with Gasteiger partial charge in [-0.15, -0.1) is 0 Å². The topological polar surface area (TPSA) is 102 Å². The molecule has 0 aliphatic heterocycles. The molecule has 4 N–H and O–H groups in total. The summed E-state index contributed by atoms with van der Waals surface area (Å²) < 4.78 is 1.57. The molecule has 1 fully saturated rings. The highest BCUT2D eigenvalue weighted by Crippen LogP contribution is 2.18. The smallest absolute Gasteiger partial charge is 0.271 e. The number of rotatable bonds is 6. The van der Waals surface area contributed by atoms with Crippen molar-refractivity contribution in [1.82, 2.24) is 20.4 Å². The van der Waals surface area contributed by atoms with Crippen LogP contribution in [0.4, 0.5) is 5.69 Å². The minimum atomic E-state index is -0.288. The zero-order valence-corrected chi connectivity index (χ0v) is 11.9. The first kappa shape index (κ1) is 14.4. The van der Waals surface area contributed by atoms with Gasteiger partial charge in [0, 0.05) is 25.6 Å². The van der Waals surface area contributed by atoms with E-state index in [1.165, 1.54) is 0 Å². The Morgan fingerprint density at radius 2 is 2.15 bits per heavy atom. The van der Waals surface area contributed by atoms with Crippen LogP contribution >= 0.6 is 0 Å². The normalized spacial score (nSPS) is 14.1. The first-order valence-corrected chi connectivity index (χ1v) is 6.93. The molecule has 1 heterocycles. The molecule has 7 heteroatoms. The van der Waals surface area contributed by atoms with E-state index in [-0.39, 0.29) is 18.2 Å². The second-order valence-corrected chi connectivity index (χ2v) is 5.01. The van der Waals surface area contributed by atoms with Crippen molar-refractivity contribution in [2.45, 2.75) is 45.7 Å². The standard InChI is InChI=1S/C13H21N5O2/c1-3-18-12(11(14)8(2)17-18)13(20)15-7-6-10(19)16-9-4-5-9/h9H,3-7,14H2,1-2H3,(H,15,20)(H,16,19). The predicted octanol–water partition coefficient (Wildman–Crippen LogP) is 0.192. The van der Waals surface area contributed by atoms with Gasteiger partial charge < -0.3 is 16.4 Å². The van der Waals surface area contributed by atoms with E-state index in [4.69, 9.17) is 5.73 Å². The number of nitrogens with two attached hydrogens (primary N) is 1. The molecular formula is C13H21N5O2. The van der Waals surface area contributed by atoms with Gasteiger partial charge in [0.2, 0.25) is 5.91 Å². The van der Waals surface area contributed by atoms with E-state index in [1.54, 1.807) is 11.6 Å². The van der Waals surface area contributed by atoms with Crippen molar-refractivity contribution in [3.8, 4) is 0 Å². The maximum absolute atomic E-state index is 12.1. The third-order valence-corrected chi connectivity index (χ3v) is 3.27. The predicted molar refractivity (Wildman–Crippen MR) is 75.2 cm³/mol. The number of nitrogens with one attached hydrogen (secondary N) is 2. The van der Waals surface area contributed by atoms with E-state index in [1.807, 2.05) is 6.92 Å². The minimum absolute atomic E-state index is 0.0269. The molecule has 1 aliphatic rings. The van der Waals surface area contributed by atoms with Crippen LogP contribution in [0.25, 0.3) is 0 Å². The quantitative estimate of drug-likeness (QED) is 0.692. The lowest BCUT2D eigenvalue weighted by atomic mass is 10.3. The van der Waals surface area contributed by atoms with Gasteiger partial charge in [-0.05, 0) is 26.7 Å². The van der Waals surface area contributed by atoms with Gasteiger partial charge in [-0.2, -0.15) is 5.10 Å². The second kappa shape index (κ2) is 5.94. The summed E-state index contributed by atoms with van der Waals surface area (Å²) in [6.07, 6.45) is 2.40. The SMILES string of the molecule is CCn1nc(C)c(N)c1C(=O)NCCC(=O)NC1CC1. The lowest BCUT2D eigenvalue weighted by Crippen LogP contribution is -2.32. The summed E-state index contributed by atoms with van der Waals surface area (Å²) in [5.41, 5.74) is 7.27. The first-order valence-electron chi connectivity index (χ1n) is 6.93. The molecule has 0 atom stereocenters. The van der Waals surface area contributed by atoms with Crippen LogP contribution in [0.2, 0.25) is 0 Å². The minimum Gasteiger partial charge on any atom is -0.395 e. The third kappa shape index (κ3) is 3.28.